The number of rotatable bonds is 5. The van der Waals surface area contributed by atoms with Crippen molar-refractivity contribution in [2.24, 2.45) is 0 Å². The minimum Gasteiger partial charge on any atom is -0.455 e. The molecule has 6 rings (SSSR count). The Balaban J connectivity index is 1.75. The molecule has 192 valence electrons. The van der Waals surface area contributed by atoms with Crippen LogP contribution >= 0.6 is 0 Å². The SMILES string of the molecule is Cc1ccc(-c2oc(-c3ccccc3)c(-c3ccccc3)c2-c2cc(C)c3cc(C(C)C)ccc(C)c2-3)cc1. The van der Waals surface area contributed by atoms with Crippen molar-refractivity contribution in [1.29, 1.82) is 0 Å². The lowest BCUT2D eigenvalue weighted by atomic mass is 9.89. The minimum absolute atomic E-state index is 0.458. The van der Waals surface area contributed by atoms with Crippen molar-refractivity contribution >= 4 is 0 Å². The first-order valence-corrected chi connectivity index (χ1v) is 13.8. The summed E-state index contributed by atoms with van der Waals surface area (Å²) >= 11 is 0. The highest BCUT2D eigenvalue weighted by atomic mass is 16.3. The van der Waals surface area contributed by atoms with E-state index in [4.69, 9.17) is 4.42 Å². The van der Waals surface area contributed by atoms with Crippen molar-refractivity contribution in [2.75, 3.05) is 0 Å². The third-order valence-electron chi connectivity index (χ3n) is 7.81. The molecule has 2 aliphatic rings. The van der Waals surface area contributed by atoms with E-state index in [0.717, 1.165) is 39.3 Å². The van der Waals surface area contributed by atoms with Crippen LogP contribution in [0.2, 0.25) is 0 Å². The molecule has 0 N–H and O–H groups in total. The molecule has 1 aromatic heterocycles. The summed E-state index contributed by atoms with van der Waals surface area (Å²) in [6, 6.07) is 39.2. The van der Waals surface area contributed by atoms with Gasteiger partial charge in [-0.25, -0.2) is 0 Å². The van der Waals surface area contributed by atoms with Gasteiger partial charge in [-0.05, 0) is 65.6 Å². The highest BCUT2D eigenvalue weighted by molar-refractivity contribution is 6.05. The maximum Gasteiger partial charge on any atom is 0.143 e. The smallest absolute Gasteiger partial charge is 0.143 e. The van der Waals surface area contributed by atoms with Gasteiger partial charge >= 0.3 is 0 Å². The zero-order valence-electron chi connectivity index (χ0n) is 23.4. The van der Waals surface area contributed by atoms with Crippen LogP contribution in [0, 0.1) is 20.8 Å². The van der Waals surface area contributed by atoms with Crippen LogP contribution in [-0.4, -0.2) is 0 Å². The molecular formula is C38H34O. The number of hydrogen-bond donors (Lipinski definition) is 0. The summed E-state index contributed by atoms with van der Waals surface area (Å²) < 4.78 is 6.95. The summed E-state index contributed by atoms with van der Waals surface area (Å²) in [5, 5.41) is 0. The maximum atomic E-state index is 6.95. The van der Waals surface area contributed by atoms with Crippen LogP contribution < -0.4 is 0 Å². The van der Waals surface area contributed by atoms with Crippen LogP contribution in [0.3, 0.4) is 0 Å². The van der Waals surface area contributed by atoms with Crippen LogP contribution in [-0.2, 0) is 0 Å². The minimum atomic E-state index is 0.458. The van der Waals surface area contributed by atoms with Gasteiger partial charge in [0, 0.05) is 22.3 Å². The average Bonchev–Trinajstić information content (AvgIpc) is 3.43. The number of furan rings is 1. The Morgan fingerprint density at radius 3 is 1.72 bits per heavy atom. The topological polar surface area (TPSA) is 13.1 Å². The van der Waals surface area contributed by atoms with Crippen molar-refractivity contribution in [3.05, 3.63) is 131 Å². The Bertz CT molecular complexity index is 1720. The predicted octanol–water partition coefficient (Wildman–Crippen LogP) is 11.1. The Labute approximate surface area is 232 Å². The fourth-order valence-corrected chi connectivity index (χ4v) is 5.66. The van der Waals surface area contributed by atoms with E-state index in [2.05, 4.69) is 144 Å². The molecule has 1 nitrogen and oxygen atoms in total. The molecule has 0 saturated carbocycles. The van der Waals surface area contributed by atoms with Gasteiger partial charge in [-0.3, -0.25) is 0 Å². The molecule has 2 aliphatic carbocycles. The second-order valence-electron chi connectivity index (χ2n) is 11.0. The lowest BCUT2D eigenvalue weighted by Gasteiger charge is -2.11. The number of fused-ring (bicyclic) bond motifs is 1. The van der Waals surface area contributed by atoms with Gasteiger partial charge in [-0.15, -0.1) is 0 Å². The number of benzene rings is 3. The van der Waals surface area contributed by atoms with E-state index >= 15 is 0 Å². The molecule has 0 saturated heterocycles. The Morgan fingerprint density at radius 2 is 1.08 bits per heavy atom. The summed E-state index contributed by atoms with van der Waals surface area (Å²) in [6.07, 6.45) is 0. The quantitative estimate of drug-likeness (QED) is 0.227. The molecule has 0 atom stereocenters. The molecule has 39 heavy (non-hydrogen) atoms. The fourth-order valence-electron chi connectivity index (χ4n) is 5.66. The van der Waals surface area contributed by atoms with Gasteiger partial charge in [-0.1, -0.05) is 129 Å². The molecular weight excluding hydrogens is 472 g/mol. The average molecular weight is 507 g/mol. The second kappa shape index (κ2) is 10.1. The molecule has 3 aromatic carbocycles. The van der Waals surface area contributed by atoms with Crippen molar-refractivity contribution in [2.45, 2.75) is 40.5 Å². The van der Waals surface area contributed by atoms with Crippen molar-refractivity contribution in [3.63, 3.8) is 0 Å². The van der Waals surface area contributed by atoms with Gasteiger partial charge in [0.1, 0.15) is 11.5 Å². The Hall–Kier alpha value is -4.36. The molecule has 0 unspecified atom stereocenters. The summed E-state index contributed by atoms with van der Waals surface area (Å²) in [6.45, 7) is 11.1. The highest BCUT2D eigenvalue weighted by Crippen LogP contribution is 2.52. The monoisotopic (exact) mass is 506 g/mol. The van der Waals surface area contributed by atoms with Gasteiger partial charge in [0.15, 0.2) is 0 Å². The van der Waals surface area contributed by atoms with Crippen LogP contribution in [0.5, 0.6) is 0 Å². The molecule has 4 aromatic rings. The maximum absolute atomic E-state index is 6.95. The lowest BCUT2D eigenvalue weighted by molar-refractivity contribution is 0.599. The molecule has 0 bridgehead atoms. The number of hydrogen-bond acceptors (Lipinski definition) is 1. The molecule has 0 radical (unpaired) electrons. The summed E-state index contributed by atoms with van der Waals surface area (Å²) in [4.78, 5) is 0. The highest BCUT2D eigenvalue weighted by Gasteiger charge is 2.29. The summed E-state index contributed by atoms with van der Waals surface area (Å²) in [7, 11) is 0. The van der Waals surface area contributed by atoms with Crippen molar-refractivity contribution in [3.8, 4) is 56.0 Å². The molecule has 0 aliphatic heterocycles. The molecule has 1 heteroatoms. The van der Waals surface area contributed by atoms with Crippen LogP contribution in [0.1, 0.15) is 42.0 Å². The lowest BCUT2D eigenvalue weighted by Crippen LogP contribution is -1.87. The largest absolute Gasteiger partial charge is 0.455 e. The van der Waals surface area contributed by atoms with Crippen LogP contribution in [0.4, 0.5) is 0 Å². The zero-order valence-corrected chi connectivity index (χ0v) is 23.4. The third-order valence-corrected chi connectivity index (χ3v) is 7.81. The second-order valence-corrected chi connectivity index (χ2v) is 11.0. The number of aryl methyl sites for hydroxylation is 3. The third kappa shape index (κ3) is 4.49. The van der Waals surface area contributed by atoms with Crippen molar-refractivity contribution in [1.82, 2.24) is 0 Å². The molecule has 1 heterocycles. The first-order valence-electron chi connectivity index (χ1n) is 13.8. The Kier molecular flexibility index (Phi) is 6.45. The van der Waals surface area contributed by atoms with E-state index in [0.29, 0.717) is 5.92 Å². The zero-order chi connectivity index (χ0) is 27.1. The van der Waals surface area contributed by atoms with Crippen molar-refractivity contribution < 1.29 is 4.42 Å². The standard InChI is InChI=1S/C38H34O/c1-24(2)31-21-18-26(4)34-32(23-31)27(5)22-33(34)36-35(28-12-8-6-9-13-28)37(29-14-10-7-11-15-29)39-38(36)30-19-16-25(3)17-20-30/h6-24H,1-5H3. The van der Waals surface area contributed by atoms with Gasteiger partial charge in [-0.2, -0.15) is 0 Å². The van der Waals surface area contributed by atoms with Crippen LogP contribution in [0.15, 0.2) is 114 Å². The molecule has 0 fully saturated rings. The van der Waals surface area contributed by atoms with E-state index in [1.54, 1.807) is 0 Å². The van der Waals surface area contributed by atoms with E-state index in [1.165, 1.54) is 38.9 Å². The summed E-state index contributed by atoms with van der Waals surface area (Å²) in [5.41, 5.74) is 14.6. The molecule has 0 spiro atoms. The summed E-state index contributed by atoms with van der Waals surface area (Å²) in [5.74, 6) is 2.27. The van der Waals surface area contributed by atoms with Crippen LogP contribution in [0.25, 0.3) is 56.0 Å². The Morgan fingerprint density at radius 1 is 0.487 bits per heavy atom. The first kappa shape index (κ1) is 24.9. The van der Waals surface area contributed by atoms with Gasteiger partial charge < -0.3 is 4.42 Å². The van der Waals surface area contributed by atoms with E-state index < -0.39 is 0 Å². The normalized spacial score (nSPS) is 11.4. The predicted molar refractivity (Wildman–Crippen MR) is 165 cm³/mol. The first-order chi connectivity index (χ1) is 18.9. The van der Waals surface area contributed by atoms with E-state index in [9.17, 15) is 0 Å². The van der Waals surface area contributed by atoms with Gasteiger partial charge in [0.2, 0.25) is 0 Å². The van der Waals surface area contributed by atoms with Gasteiger partial charge in [0.25, 0.3) is 0 Å². The van der Waals surface area contributed by atoms with E-state index in [1.807, 2.05) is 0 Å². The van der Waals surface area contributed by atoms with E-state index in [-0.39, 0.29) is 0 Å². The molecule has 0 amide bonds. The van der Waals surface area contributed by atoms with Gasteiger partial charge in [0.05, 0.1) is 0 Å². The fraction of sp³-hybridized carbons (Fsp3) is 0.158.